The van der Waals surface area contributed by atoms with Gasteiger partial charge >= 0.3 is 0 Å². The second-order valence-electron chi connectivity index (χ2n) is 1.78. The zero-order valence-corrected chi connectivity index (χ0v) is 6.66. The highest BCUT2D eigenvalue weighted by Gasteiger charge is 2.19. The summed E-state index contributed by atoms with van der Waals surface area (Å²) in [4.78, 5) is 9.52. The molecule has 62 valence electrons. The lowest BCUT2D eigenvalue weighted by Gasteiger charge is -2.04. The predicted octanol–water partition coefficient (Wildman–Crippen LogP) is 2.65. The number of halogens is 2. The van der Waals surface area contributed by atoms with Gasteiger partial charge in [0.2, 0.25) is 5.92 Å². The zero-order chi connectivity index (χ0) is 8.62. The van der Waals surface area contributed by atoms with E-state index in [0.29, 0.717) is 6.29 Å². The van der Waals surface area contributed by atoms with Crippen molar-refractivity contribution in [2.24, 2.45) is 0 Å². The van der Waals surface area contributed by atoms with E-state index in [0.717, 1.165) is 6.92 Å². The lowest BCUT2D eigenvalue weighted by atomic mass is 10.2. The highest BCUT2D eigenvalue weighted by Crippen LogP contribution is 2.17. The summed E-state index contributed by atoms with van der Waals surface area (Å²) < 4.78 is 23.5. The molecule has 0 unspecified atom stereocenters. The van der Waals surface area contributed by atoms with E-state index in [4.69, 9.17) is 0 Å². The summed E-state index contributed by atoms with van der Waals surface area (Å²) >= 11 is 0. The molecule has 0 aromatic heterocycles. The molecular formula is C7H14F2O. The Hall–Kier alpha value is -0.470. The summed E-state index contributed by atoms with van der Waals surface area (Å²) in [5.41, 5.74) is 0. The van der Waals surface area contributed by atoms with Crippen LogP contribution in [0.2, 0.25) is 0 Å². The fraction of sp³-hybridized carbons (Fsp3) is 0.857. The van der Waals surface area contributed by atoms with Crippen LogP contribution >= 0.6 is 0 Å². The van der Waals surface area contributed by atoms with Gasteiger partial charge in [-0.3, -0.25) is 0 Å². The van der Waals surface area contributed by atoms with Crippen molar-refractivity contribution in [2.75, 3.05) is 0 Å². The first kappa shape index (κ1) is 12.2. The molecule has 10 heavy (non-hydrogen) atoms. The van der Waals surface area contributed by atoms with Gasteiger partial charge in [-0.05, 0) is 6.92 Å². The minimum atomic E-state index is -2.68. The lowest BCUT2D eigenvalue weighted by molar-refractivity contribution is -0.109. The van der Waals surface area contributed by atoms with E-state index in [1.165, 1.54) is 0 Å². The number of rotatable bonds is 3. The largest absolute Gasteiger partial charge is 0.303 e. The average molecular weight is 152 g/mol. The van der Waals surface area contributed by atoms with Gasteiger partial charge in [0, 0.05) is 12.8 Å². The van der Waals surface area contributed by atoms with Crippen molar-refractivity contribution in [3.63, 3.8) is 0 Å². The Labute approximate surface area is 60.4 Å². The predicted molar refractivity (Wildman–Crippen MR) is 37.3 cm³/mol. The third kappa shape index (κ3) is 15.6. The van der Waals surface area contributed by atoms with Crippen LogP contribution in [-0.4, -0.2) is 12.2 Å². The Morgan fingerprint density at radius 1 is 1.40 bits per heavy atom. The molecule has 0 amide bonds. The van der Waals surface area contributed by atoms with Crippen LogP contribution in [0.1, 0.15) is 33.6 Å². The quantitative estimate of drug-likeness (QED) is 0.568. The van der Waals surface area contributed by atoms with Crippen LogP contribution in [0.4, 0.5) is 8.78 Å². The number of alkyl halides is 2. The van der Waals surface area contributed by atoms with E-state index in [2.05, 4.69) is 0 Å². The Morgan fingerprint density at radius 2 is 1.80 bits per heavy atom. The number of aldehydes is 1. The van der Waals surface area contributed by atoms with E-state index in [9.17, 15) is 13.6 Å². The van der Waals surface area contributed by atoms with Gasteiger partial charge in [0.25, 0.3) is 0 Å². The van der Waals surface area contributed by atoms with E-state index in [1.54, 1.807) is 0 Å². The summed E-state index contributed by atoms with van der Waals surface area (Å²) in [5, 5.41) is 0. The molecule has 0 spiro atoms. The number of carbonyl (C=O) groups excluding carboxylic acids is 1. The Bertz CT molecular complexity index is 76.2. The second kappa shape index (κ2) is 6.65. The normalized spacial score (nSPS) is 9.70. The van der Waals surface area contributed by atoms with Crippen molar-refractivity contribution in [1.82, 2.24) is 0 Å². The van der Waals surface area contributed by atoms with Crippen LogP contribution in [-0.2, 0) is 4.79 Å². The molecule has 0 fully saturated rings. The van der Waals surface area contributed by atoms with Crippen LogP contribution in [0.15, 0.2) is 0 Å². The highest BCUT2D eigenvalue weighted by molar-refractivity contribution is 5.49. The molecule has 0 rings (SSSR count). The van der Waals surface area contributed by atoms with E-state index >= 15 is 0 Å². The van der Waals surface area contributed by atoms with Crippen LogP contribution in [0, 0.1) is 0 Å². The lowest BCUT2D eigenvalue weighted by Crippen LogP contribution is -2.08. The van der Waals surface area contributed by atoms with Crippen LogP contribution < -0.4 is 0 Å². The molecule has 0 bridgehead atoms. The van der Waals surface area contributed by atoms with Crippen molar-refractivity contribution >= 4 is 6.29 Å². The summed E-state index contributed by atoms with van der Waals surface area (Å²) in [6.07, 6.45) is 0.109. The third-order valence-corrected chi connectivity index (χ3v) is 0.701. The fourth-order valence-corrected chi connectivity index (χ4v) is 0.312. The van der Waals surface area contributed by atoms with Gasteiger partial charge in [-0.25, -0.2) is 8.78 Å². The first-order valence-electron chi connectivity index (χ1n) is 3.38. The molecule has 0 saturated heterocycles. The van der Waals surface area contributed by atoms with Crippen molar-refractivity contribution in [3.8, 4) is 0 Å². The van der Waals surface area contributed by atoms with Crippen LogP contribution in [0.5, 0.6) is 0 Å². The SMILES string of the molecule is CC.CC(F)(F)CCC=O. The van der Waals surface area contributed by atoms with Gasteiger partial charge in [0.05, 0.1) is 0 Å². The standard InChI is InChI=1S/C5H8F2O.C2H6/c1-5(6,7)3-2-4-8;1-2/h4H,2-3H2,1H3;1-2H3. The minimum absolute atomic E-state index is 0.0521. The van der Waals surface area contributed by atoms with E-state index in [1.807, 2.05) is 13.8 Å². The van der Waals surface area contributed by atoms with Gasteiger partial charge in [-0.15, -0.1) is 0 Å². The Balaban J connectivity index is 0. The average Bonchev–Trinajstić information content (AvgIpc) is 1.87. The molecule has 1 nitrogen and oxygen atoms in total. The van der Waals surface area contributed by atoms with Crippen molar-refractivity contribution < 1.29 is 13.6 Å². The highest BCUT2D eigenvalue weighted by atomic mass is 19.3. The van der Waals surface area contributed by atoms with Gasteiger partial charge in [0.1, 0.15) is 6.29 Å². The maximum absolute atomic E-state index is 11.8. The van der Waals surface area contributed by atoms with E-state index < -0.39 is 5.92 Å². The van der Waals surface area contributed by atoms with Gasteiger partial charge in [-0.2, -0.15) is 0 Å². The molecule has 0 radical (unpaired) electrons. The van der Waals surface area contributed by atoms with E-state index in [-0.39, 0.29) is 12.8 Å². The molecule has 0 aromatic carbocycles. The van der Waals surface area contributed by atoms with Crippen molar-refractivity contribution in [3.05, 3.63) is 0 Å². The molecule has 0 saturated carbocycles. The summed E-state index contributed by atoms with van der Waals surface area (Å²) in [5.74, 6) is -2.68. The molecular weight excluding hydrogens is 138 g/mol. The van der Waals surface area contributed by atoms with Crippen molar-refractivity contribution in [1.29, 1.82) is 0 Å². The molecule has 0 heterocycles. The third-order valence-electron chi connectivity index (χ3n) is 0.701. The first-order valence-corrected chi connectivity index (χ1v) is 3.38. The zero-order valence-electron chi connectivity index (χ0n) is 6.66. The molecule has 0 aliphatic rings. The summed E-state index contributed by atoms with van der Waals surface area (Å²) in [6, 6.07) is 0. The Kier molecular flexibility index (Phi) is 8.13. The molecule has 0 atom stereocenters. The maximum atomic E-state index is 11.8. The van der Waals surface area contributed by atoms with Gasteiger partial charge in [0.15, 0.2) is 0 Å². The van der Waals surface area contributed by atoms with Crippen LogP contribution in [0.25, 0.3) is 0 Å². The summed E-state index contributed by atoms with van der Waals surface area (Å²) in [7, 11) is 0. The fourth-order valence-electron chi connectivity index (χ4n) is 0.312. The number of hydrogen-bond acceptors (Lipinski definition) is 1. The van der Waals surface area contributed by atoms with Crippen molar-refractivity contribution in [2.45, 2.75) is 39.5 Å². The molecule has 0 N–H and O–H groups in total. The molecule has 0 aliphatic carbocycles. The molecule has 0 aliphatic heterocycles. The monoisotopic (exact) mass is 152 g/mol. The topological polar surface area (TPSA) is 17.1 Å². The smallest absolute Gasteiger partial charge is 0.245 e. The number of hydrogen-bond donors (Lipinski definition) is 0. The van der Waals surface area contributed by atoms with Gasteiger partial charge < -0.3 is 4.79 Å². The number of carbonyl (C=O) groups is 1. The Morgan fingerprint density at radius 3 is 1.90 bits per heavy atom. The minimum Gasteiger partial charge on any atom is -0.303 e. The molecule has 0 aromatic rings. The summed E-state index contributed by atoms with van der Waals surface area (Å²) in [6.45, 7) is 4.80. The van der Waals surface area contributed by atoms with Gasteiger partial charge in [-0.1, -0.05) is 13.8 Å². The first-order chi connectivity index (χ1) is 4.56. The maximum Gasteiger partial charge on any atom is 0.245 e. The second-order valence-corrected chi connectivity index (χ2v) is 1.78. The van der Waals surface area contributed by atoms with Crippen LogP contribution in [0.3, 0.4) is 0 Å². The molecule has 3 heteroatoms.